The molecule has 0 aromatic heterocycles. The van der Waals surface area contributed by atoms with Gasteiger partial charge in [-0.25, -0.2) is 0 Å². The number of ether oxygens (including phenoxy) is 1. The number of carbonyl (C=O) groups is 2. The van der Waals surface area contributed by atoms with Gasteiger partial charge in [0.15, 0.2) is 0 Å². The van der Waals surface area contributed by atoms with E-state index in [4.69, 9.17) is 4.74 Å². The normalized spacial score (nSPS) is 25.0. The molecule has 5 atom stereocenters. The number of rotatable bonds is 8. The van der Waals surface area contributed by atoms with Gasteiger partial charge in [-0.05, 0) is 56.9 Å². The zero-order valence-electron chi connectivity index (χ0n) is 20.2. The summed E-state index contributed by atoms with van der Waals surface area (Å²) in [6.07, 6.45) is 0.391. The third-order valence-corrected chi connectivity index (χ3v) is 6.16. The average Bonchev–Trinajstić information content (AvgIpc) is 3.06. The van der Waals surface area contributed by atoms with E-state index < -0.39 is 23.5 Å². The number of aliphatic hydroxyl groups is 1. The SMILES string of the molecule is CC(C)C[C@@H](O)C1C(C(=O)NCc2ccccc2)CC(C(=O)OC(C)(C)C)[C@@H]1C(C)C. The van der Waals surface area contributed by atoms with Crippen molar-refractivity contribution in [2.45, 2.75) is 79.6 Å². The van der Waals surface area contributed by atoms with Gasteiger partial charge in [-0.2, -0.15) is 0 Å². The van der Waals surface area contributed by atoms with Crippen molar-refractivity contribution in [3.8, 4) is 0 Å². The van der Waals surface area contributed by atoms with Crippen molar-refractivity contribution in [1.29, 1.82) is 0 Å². The number of aliphatic hydroxyl groups excluding tert-OH is 1. The Morgan fingerprint density at radius 3 is 2.19 bits per heavy atom. The molecule has 0 spiro atoms. The molecule has 0 radical (unpaired) electrons. The van der Waals surface area contributed by atoms with Gasteiger partial charge in [-0.3, -0.25) is 9.59 Å². The quantitative estimate of drug-likeness (QED) is 0.591. The van der Waals surface area contributed by atoms with Crippen molar-refractivity contribution in [3.05, 3.63) is 35.9 Å². The second kappa shape index (κ2) is 10.6. The van der Waals surface area contributed by atoms with Crippen LogP contribution in [0.4, 0.5) is 0 Å². The van der Waals surface area contributed by atoms with Crippen LogP contribution < -0.4 is 5.32 Å². The fourth-order valence-corrected chi connectivity index (χ4v) is 5.03. The molecular weight excluding hydrogens is 390 g/mol. The van der Waals surface area contributed by atoms with Crippen LogP contribution in [-0.2, 0) is 20.9 Å². The van der Waals surface area contributed by atoms with Crippen LogP contribution in [-0.4, -0.2) is 28.7 Å². The molecule has 0 saturated heterocycles. The van der Waals surface area contributed by atoms with Crippen molar-refractivity contribution in [2.24, 2.45) is 35.5 Å². The summed E-state index contributed by atoms with van der Waals surface area (Å²) in [5.74, 6) is -1.07. The van der Waals surface area contributed by atoms with Gasteiger partial charge < -0.3 is 15.2 Å². The van der Waals surface area contributed by atoms with E-state index in [-0.39, 0.29) is 29.6 Å². The Balaban J connectivity index is 2.28. The average molecular weight is 432 g/mol. The highest BCUT2D eigenvalue weighted by Gasteiger charge is 2.53. The Kier molecular flexibility index (Phi) is 8.70. The van der Waals surface area contributed by atoms with Crippen molar-refractivity contribution in [3.63, 3.8) is 0 Å². The molecule has 1 aromatic rings. The van der Waals surface area contributed by atoms with Crippen molar-refractivity contribution in [1.82, 2.24) is 5.32 Å². The first-order valence-electron chi connectivity index (χ1n) is 11.6. The summed E-state index contributed by atoms with van der Waals surface area (Å²) in [6, 6.07) is 9.78. The minimum Gasteiger partial charge on any atom is -0.460 e. The molecule has 0 heterocycles. The molecule has 1 aliphatic carbocycles. The minimum atomic E-state index is -0.632. The Bertz CT molecular complexity index is 723. The van der Waals surface area contributed by atoms with Crippen molar-refractivity contribution >= 4 is 11.9 Å². The molecule has 0 aliphatic heterocycles. The predicted molar refractivity (Wildman–Crippen MR) is 123 cm³/mol. The maximum absolute atomic E-state index is 13.3. The fourth-order valence-electron chi connectivity index (χ4n) is 5.03. The van der Waals surface area contributed by atoms with Crippen molar-refractivity contribution < 1.29 is 19.4 Å². The van der Waals surface area contributed by atoms with E-state index in [9.17, 15) is 14.7 Å². The topological polar surface area (TPSA) is 75.6 Å². The highest BCUT2D eigenvalue weighted by Crippen LogP contribution is 2.49. The lowest BCUT2D eigenvalue weighted by atomic mass is 9.74. The predicted octanol–water partition coefficient (Wildman–Crippen LogP) is 4.58. The van der Waals surface area contributed by atoms with E-state index in [1.165, 1.54) is 0 Å². The van der Waals surface area contributed by atoms with Crippen LogP contribution in [0.2, 0.25) is 0 Å². The van der Waals surface area contributed by atoms with E-state index in [1.807, 2.05) is 51.1 Å². The zero-order valence-corrected chi connectivity index (χ0v) is 20.2. The largest absolute Gasteiger partial charge is 0.460 e. The van der Waals surface area contributed by atoms with Crippen LogP contribution in [0.1, 0.15) is 66.9 Å². The van der Waals surface area contributed by atoms with E-state index >= 15 is 0 Å². The molecule has 1 aliphatic rings. The molecule has 5 heteroatoms. The molecule has 1 aromatic carbocycles. The van der Waals surface area contributed by atoms with Crippen LogP contribution in [0, 0.1) is 35.5 Å². The van der Waals surface area contributed by atoms with Crippen LogP contribution in [0.15, 0.2) is 30.3 Å². The first kappa shape index (κ1) is 25.4. The van der Waals surface area contributed by atoms with Crippen LogP contribution in [0.25, 0.3) is 0 Å². The molecule has 1 fully saturated rings. The monoisotopic (exact) mass is 431 g/mol. The molecule has 2 rings (SSSR count). The number of esters is 1. The molecule has 1 amide bonds. The zero-order chi connectivity index (χ0) is 23.3. The maximum atomic E-state index is 13.3. The number of carbonyl (C=O) groups excluding carboxylic acids is 2. The lowest BCUT2D eigenvalue weighted by Crippen LogP contribution is -2.41. The first-order chi connectivity index (χ1) is 14.4. The van der Waals surface area contributed by atoms with Gasteiger partial charge in [0.05, 0.1) is 12.0 Å². The standard InChI is InChI=1S/C26H41NO4/c1-16(2)13-21(28)23-19(24(29)27-15-18-11-9-8-10-12-18)14-20(22(23)17(3)4)25(30)31-26(5,6)7/h8-12,16-17,19-23,28H,13-15H2,1-7H3,(H,27,29)/t19?,20?,21-,22+,23?/m1/s1. The second-order valence-corrected chi connectivity index (χ2v) is 10.8. The minimum absolute atomic E-state index is 0.0895. The summed E-state index contributed by atoms with van der Waals surface area (Å²) in [5, 5.41) is 14.2. The van der Waals surface area contributed by atoms with Gasteiger partial charge in [0, 0.05) is 18.4 Å². The molecule has 1 saturated carbocycles. The number of hydrogen-bond acceptors (Lipinski definition) is 4. The van der Waals surface area contributed by atoms with E-state index in [1.54, 1.807) is 0 Å². The molecule has 31 heavy (non-hydrogen) atoms. The Morgan fingerprint density at radius 2 is 1.68 bits per heavy atom. The van der Waals surface area contributed by atoms with E-state index in [2.05, 4.69) is 33.0 Å². The fraction of sp³-hybridized carbons (Fsp3) is 0.692. The summed E-state index contributed by atoms with van der Waals surface area (Å²) >= 11 is 0. The third kappa shape index (κ3) is 7.06. The second-order valence-electron chi connectivity index (χ2n) is 10.8. The summed E-state index contributed by atoms with van der Waals surface area (Å²) in [7, 11) is 0. The van der Waals surface area contributed by atoms with E-state index in [0.29, 0.717) is 25.3 Å². The molecule has 0 bridgehead atoms. The smallest absolute Gasteiger partial charge is 0.309 e. The summed E-state index contributed by atoms with van der Waals surface area (Å²) in [5.41, 5.74) is 0.440. The number of benzene rings is 1. The van der Waals surface area contributed by atoms with Gasteiger partial charge >= 0.3 is 5.97 Å². The highest BCUT2D eigenvalue weighted by atomic mass is 16.6. The molecule has 3 unspecified atom stereocenters. The van der Waals surface area contributed by atoms with Gasteiger partial charge in [-0.15, -0.1) is 0 Å². The lowest BCUT2D eigenvalue weighted by Gasteiger charge is -2.34. The van der Waals surface area contributed by atoms with E-state index in [0.717, 1.165) is 5.56 Å². The Morgan fingerprint density at radius 1 is 1.06 bits per heavy atom. The number of nitrogens with one attached hydrogen (secondary N) is 1. The first-order valence-corrected chi connectivity index (χ1v) is 11.6. The third-order valence-electron chi connectivity index (χ3n) is 6.16. The summed E-state index contributed by atoms with van der Waals surface area (Å²) in [4.78, 5) is 26.3. The van der Waals surface area contributed by atoms with Crippen LogP contribution in [0.5, 0.6) is 0 Å². The van der Waals surface area contributed by atoms with Crippen molar-refractivity contribution in [2.75, 3.05) is 0 Å². The Labute approximate surface area is 188 Å². The highest BCUT2D eigenvalue weighted by molar-refractivity contribution is 5.82. The lowest BCUT2D eigenvalue weighted by molar-refractivity contribution is -0.162. The molecule has 174 valence electrons. The van der Waals surface area contributed by atoms with Gasteiger partial charge in [0.1, 0.15) is 5.60 Å². The van der Waals surface area contributed by atoms with Gasteiger partial charge in [0.25, 0.3) is 0 Å². The molecule has 2 N–H and O–H groups in total. The molecule has 5 nitrogen and oxygen atoms in total. The number of hydrogen-bond donors (Lipinski definition) is 2. The number of amides is 1. The van der Waals surface area contributed by atoms with Crippen LogP contribution >= 0.6 is 0 Å². The Hall–Kier alpha value is -1.88. The van der Waals surface area contributed by atoms with Crippen LogP contribution in [0.3, 0.4) is 0 Å². The summed E-state index contributed by atoms with van der Waals surface area (Å²) in [6.45, 7) is 14.3. The van der Waals surface area contributed by atoms with Gasteiger partial charge in [0.2, 0.25) is 5.91 Å². The summed E-state index contributed by atoms with van der Waals surface area (Å²) < 4.78 is 5.72. The maximum Gasteiger partial charge on any atom is 0.309 e. The molecular formula is C26H41NO4. The van der Waals surface area contributed by atoms with Gasteiger partial charge in [-0.1, -0.05) is 58.0 Å².